The van der Waals surface area contributed by atoms with E-state index in [0.717, 1.165) is 7.14 Å². The maximum absolute atomic E-state index is 12.3. The number of benzene rings is 2. The van der Waals surface area contributed by atoms with Gasteiger partial charge in [-0.1, -0.05) is 11.6 Å². The number of anilines is 1. The summed E-state index contributed by atoms with van der Waals surface area (Å²) in [6, 6.07) is 9.78. The van der Waals surface area contributed by atoms with Crippen molar-refractivity contribution in [3.63, 3.8) is 0 Å². The second-order valence-electron chi connectivity index (χ2n) is 4.53. The monoisotopic (exact) mass is 586 g/mol. The van der Waals surface area contributed by atoms with Crippen molar-refractivity contribution in [3.05, 3.63) is 59.7 Å². The summed E-state index contributed by atoms with van der Waals surface area (Å²) in [7, 11) is 0. The van der Waals surface area contributed by atoms with Gasteiger partial charge in [0, 0.05) is 12.2 Å². The molecule has 5 nitrogen and oxygen atoms in total. The minimum absolute atomic E-state index is 0.000478. The summed E-state index contributed by atoms with van der Waals surface area (Å²) in [5.41, 5.74) is 0.693. The Balaban J connectivity index is 2.15. The molecule has 0 aliphatic rings. The Bertz CT molecular complexity index is 845. The predicted molar refractivity (Wildman–Crippen MR) is 114 cm³/mol. The highest BCUT2D eigenvalue weighted by Crippen LogP contribution is 2.21. The van der Waals surface area contributed by atoms with E-state index in [2.05, 4.69) is 55.8 Å². The second kappa shape index (κ2) is 8.41. The normalized spacial score (nSPS) is 10.1. The lowest BCUT2D eigenvalue weighted by molar-refractivity contribution is 0.0698. The molecule has 124 valence electrons. The Hall–Kier alpha value is -0.980. The van der Waals surface area contributed by atoms with Crippen LogP contribution in [0.25, 0.3) is 0 Å². The molecule has 0 heterocycles. The van der Waals surface area contributed by atoms with Crippen molar-refractivity contribution in [3.8, 4) is 0 Å². The van der Waals surface area contributed by atoms with Gasteiger partial charge in [0.15, 0.2) is 5.11 Å². The zero-order valence-corrected chi connectivity index (χ0v) is 17.7. The quantitative estimate of drug-likeness (QED) is 0.368. The summed E-state index contributed by atoms with van der Waals surface area (Å²) in [6.07, 6.45) is 0. The SMILES string of the molecule is O=C(NC(=S)Nc1ccc(Cl)cc1C(=O)O)c1cc(I)ccc1I. The largest absolute Gasteiger partial charge is 0.478 e. The van der Waals surface area contributed by atoms with Crippen LogP contribution >= 0.6 is 69.0 Å². The molecule has 2 aromatic rings. The Labute approximate surface area is 175 Å². The number of thiocarbonyl (C=S) groups is 1. The van der Waals surface area contributed by atoms with Crippen LogP contribution in [-0.2, 0) is 0 Å². The van der Waals surface area contributed by atoms with Gasteiger partial charge in [0.25, 0.3) is 5.91 Å². The second-order valence-corrected chi connectivity index (χ2v) is 7.78. The molecule has 9 heteroatoms. The van der Waals surface area contributed by atoms with E-state index in [-0.39, 0.29) is 22.3 Å². The van der Waals surface area contributed by atoms with Gasteiger partial charge in [-0.25, -0.2) is 4.79 Å². The van der Waals surface area contributed by atoms with E-state index < -0.39 is 5.97 Å². The topological polar surface area (TPSA) is 78.4 Å². The third-order valence-corrected chi connectivity index (χ3v) is 4.91. The summed E-state index contributed by atoms with van der Waals surface area (Å²) < 4.78 is 1.70. The molecule has 0 atom stereocenters. The zero-order chi connectivity index (χ0) is 17.9. The molecule has 0 saturated heterocycles. The van der Waals surface area contributed by atoms with Gasteiger partial charge in [0.1, 0.15) is 0 Å². The summed E-state index contributed by atoms with van der Waals surface area (Å²) in [5, 5.41) is 14.7. The van der Waals surface area contributed by atoms with Crippen LogP contribution in [0.15, 0.2) is 36.4 Å². The Morgan fingerprint density at radius 2 is 1.79 bits per heavy atom. The van der Waals surface area contributed by atoms with Crippen LogP contribution in [0.4, 0.5) is 5.69 Å². The van der Waals surface area contributed by atoms with Crippen molar-refractivity contribution in [2.24, 2.45) is 0 Å². The molecule has 3 N–H and O–H groups in total. The number of hydrogen-bond donors (Lipinski definition) is 3. The smallest absolute Gasteiger partial charge is 0.337 e. The molecule has 0 bridgehead atoms. The number of carbonyl (C=O) groups is 2. The maximum atomic E-state index is 12.3. The van der Waals surface area contributed by atoms with Crippen molar-refractivity contribution < 1.29 is 14.7 Å². The number of halogens is 3. The highest BCUT2D eigenvalue weighted by molar-refractivity contribution is 14.1. The highest BCUT2D eigenvalue weighted by Gasteiger charge is 2.15. The van der Waals surface area contributed by atoms with Gasteiger partial charge < -0.3 is 10.4 Å². The third kappa shape index (κ3) is 5.01. The van der Waals surface area contributed by atoms with E-state index in [4.69, 9.17) is 23.8 Å². The number of aromatic carboxylic acids is 1. The van der Waals surface area contributed by atoms with Gasteiger partial charge in [-0.15, -0.1) is 0 Å². The molecule has 0 spiro atoms. The molecular formula is C15H9ClI2N2O3S. The first-order chi connectivity index (χ1) is 11.3. The molecule has 1 amide bonds. The number of rotatable bonds is 3. The fourth-order valence-corrected chi connectivity index (χ4v) is 3.24. The molecule has 0 saturated carbocycles. The van der Waals surface area contributed by atoms with E-state index in [1.807, 2.05) is 12.1 Å². The van der Waals surface area contributed by atoms with E-state index in [1.54, 1.807) is 6.07 Å². The molecule has 2 rings (SSSR count). The highest BCUT2D eigenvalue weighted by atomic mass is 127. The Morgan fingerprint density at radius 1 is 1.08 bits per heavy atom. The van der Waals surface area contributed by atoms with Crippen molar-refractivity contribution in [2.75, 3.05) is 5.32 Å². The number of amides is 1. The number of carbonyl (C=O) groups excluding carboxylic acids is 1. The molecule has 0 aliphatic heterocycles. The number of carboxylic acids is 1. The van der Waals surface area contributed by atoms with Crippen molar-refractivity contribution in [2.45, 2.75) is 0 Å². The van der Waals surface area contributed by atoms with E-state index in [9.17, 15) is 14.7 Å². The first-order valence-electron chi connectivity index (χ1n) is 6.38. The molecule has 0 radical (unpaired) electrons. The van der Waals surface area contributed by atoms with Gasteiger partial charge >= 0.3 is 5.97 Å². The third-order valence-electron chi connectivity index (χ3n) is 2.86. The van der Waals surface area contributed by atoms with E-state index in [0.29, 0.717) is 10.6 Å². The number of nitrogens with one attached hydrogen (secondary N) is 2. The molecule has 0 aromatic heterocycles. The van der Waals surface area contributed by atoms with Gasteiger partial charge in [-0.2, -0.15) is 0 Å². The van der Waals surface area contributed by atoms with Gasteiger partial charge in [0.05, 0.1) is 16.8 Å². The fraction of sp³-hybridized carbons (Fsp3) is 0. The summed E-state index contributed by atoms with van der Waals surface area (Å²) in [4.78, 5) is 23.6. The lowest BCUT2D eigenvalue weighted by Crippen LogP contribution is -2.35. The minimum Gasteiger partial charge on any atom is -0.478 e. The Kier molecular flexibility index (Phi) is 6.78. The molecule has 0 fully saturated rings. The average molecular weight is 587 g/mol. The van der Waals surface area contributed by atoms with Crippen LogP contribution in [0.1, 0.15) is 20.7 Å². The van der Waals surface area contributed by atoms with Gasteiger partial charge in [-0.3, -0.25) is 10.1 Å². The van der Waals surface area contributed by atoms with Crippen LogP contribution in [0.3, 0.4) is 0 Å². The van der Waals surface area contributed by atoms with Crippen molar-refractivity contribution >= 4 is 91.7 Å². The van der Waals surface area contributed by atoms with Crippen LogP contribution in [-0.4, -0.2) is 22.1 Å². The zero-order valence-electron chi connectivity index (χ0n) is 11.8. The maximum Gasteiger partial charge on any atom is 0.337 e. The molecule has 0 aliphatic carbocycles. The van der Waals surface area contributed by atoms with Crippen molar-refractivity contribution in [1.29, 1.82) is 0 Å². The lowest BCUT2D eigenvalue weighted by atomic mass is 10.2. The number of carboxylic acid groups (broad SMARTS) is 1. The molecule has 24 heavy (non-hydrogen) atoms. The van der Waals surface area contributed by atoms with Gasteiger partial charge in [0.2, 0.25) is 0 Å². The Morgan fingerprint density at radius 3 is 2.46 bits per heavy atom. The summed E-state index contributed by atoms with van der Waals surface area (Å²) in [5.74, 6) is -1.53. The van der Waals surface area contributed by atoms with Crippen LogP contribution in [0.5, 0.6) is 0 Å². The fourth-order valence-electron chi connectivity index (χ4n) is 1.80. The summed E-state index contributed by atoms with van der Waals surface area (Å²) >= 11 is 15.1. The molecule has 2 aromatic carbocycles. The van der Waals surface area contributed by atoms with E-state index in [1.165, 1.54) is 18.2 Å². The molecular weight excluding hydrogens is 578 g/mol. The first-order valence-corrected chi connectivity index (χ1v) is 9.32. The predicted octanol–water partition coefficient (Wildman–Crippen LogP) is 4.37. The first kappa shape index (κ1) is 19.3. The van der Waals surface area contributed by atoms with Gasteiger partial charge in [-0.05, 0) is 93.8 Å². The van der Waals surface area contributed by atoms with Crippen molar-refractivity contribution in [1.82, 2.24) is 5.32 Å². The average Bonchev–Trinajstić information content (AvgIpc) is 2.51. The standard InChI is InChI=1S/C15H9ClI2N2O3S/c16-7-1-4-12(10(5-7)14(22)23)19-15(24)20-13(21)9-6-8(17)2-3-11(9)18/h1-6H,(H,22,23)(H2,19,20,21,24). The molecule has 0 unspecified atom stereocenters. The lowest BCUT2D eigenvalue weighted by Gasteiger charge is -2.12. The minimum atomic E-state index is -1.15. The summed E-state index contributed by atoms with van der Waals surface area (Å²) in [6.45, 7) is 0. The van der Waals surface area contributed by atoms with Crippen LogP contribution < -0.4 is 10.6 Å². The van der Waals surface area contributed by atoms with Crippen LogP contribution in [0.2, 0.25) is 5.02 Å². The number of hydrogen-bond acceptors (Lipinski definition) is 3. The van der Waals surface area contributed by atoms with Crippen LogP contribution in [0, 0.1) is 7.14 Å². The van der Waals surface area contributed by atoms with E-state index >= 15 is 0 Å².